The smallest absolute Gasteiger partial charge is 0.258 e. The molecule has 1 fully saturated rings. The number of carbonyl (C=O) groups excluding carboxylic acids is 1. The van der Waals surface area contributed by atoms with Crippen LogP contribution in [-0.4, -0.2) is 38.3 Å². The van der Waals surface area contributed by atoms with Crippen LogP contribution in [0.5, 0.6) is 0 Å². The zero-order valence-corrected chi connectivity index (χ0v) is 11.2. The summed E-state index contributed by atoms with van der Waals surface area (Å²) in [7, 11) is 0. The molecule has 0 saturated carbocycles. The van der Waals surface area contributed by atoms with E-state index in [1.165, 1.54) is 4.90 Å². The number of hydrogen-bond acceptors (Lipinski definition) is 4. The van der Waals surface area contributed by atoms with Crippen molar-refractivity contribution in [1.29, 1.82) is 0 Å². The quantitative estimate of drug-likeness (QED) is 0.677. The molecule has 1 aromatic rings. The highest BCUT2D eigenvalue weighted by Gasteiger charge is 2.70. The maximum atomic E-state index is 12.5. The van der Waals surface area contributed by atoms with E-state index in [0.717, 1.165) is 0 Å². The predicted molar refractivity (Wildman–Crippen MR) is 72.3 cm³/mol. The molecule has 1 heterocycles. The molecule has 2 aliphatic rings. The second-order valence-corrected chi connectivity index (χ2v) is 5.23. The molecular formula is C13H14N2O3S. The van der Waals surface area contributed by atoms with E-state index in [-0.39, 0.29) is 5.11 Å². The highest BCUT2D eigenvalue weighted by atomic mass is 32.1. The summed E-state index contributed by atoms with van der Waals surface area (Å²) in [5, 5.41) is 24.5. The van der Waals surface area contributed by atoms with Gasteiger partial charge in [0.1, 0.15) is 0 Å². The van der Waals surface area contributed by atoms with E-state index >= 15 is 0 Å². The van der Waals surface area contributed by atoms with Crippen LogP contribution < -0.4 is 5.32 Å². The standard InChI is InChI=1S/C13H14N2O3S/c1-2-7-15-11(19)14-12(17)9-6-4-3-5-8(9)10(16)13(12,15)18/h3-6,17-18H,2,7H2,1H3,(H,14,19)/t12-,13+/m0/s1. The first-order chi connectivity index (χ1) is 8.96. The minimum atomic E-state index is -2.05. The van der Waals surface area contributed by atoms with Crippen LogP contribution in [0.4, 0.5) is 0 Å². The summed E-state index contributed by atoms with van der Waals surface area (Å²) in [6.07, 6.45) is 0.698. The predicted octanol–water partition coefficient (Wildman–Crippen LogP) is 0.317. The average molecular weight is 278 g/mol. The maximum absolute atomic E-state index is 12.5. The largest absolute Gasteiger partial charge is 0.363 e. The van der Waals surface area contributed by atoms with Crippen molar-refractivity contribution in [1.82, 2.24) is 10.2 Å². The van der Waals surface area contributed by atoms with Crippen LogP contribution in [0, 0.1) is 0 Å². The minimum Gasteiger partial charge on any atom is -0.363 e. The fraction of sp³-hybridized carbons (Fsp3) is 0.385. The lowest BCUT2D eigenvalue weighted by molar-refractivity contribution is -0.163. The van der Waals surface area contributed by atoms with Crippen molar-refractivity contribution in [3.8, 4) is 0 Å². The van der Waals surface area contributed by atoms with Crippen molar-refractivity contribution in [2.24, 2.45) is 0 Å². The van der Waals surface area contributed by atoms with Gasteiger partial charge in [-0.25, -0.2) is 0 Å². The number of nitrogens with one attached hydrogen (secondary N) is 1. The molecular weight excluding hydrogens is 264 g/mol. The number of hydrogen-bond donors (Lipinski definition) is 3. The molecule has 19 heavy (non-hydrogen) atoms. The molecule has 1 aliphatic carbocycles. The van der Waals surface area contributed by atoms with Crippen molar-refractivity contribution in [2.45, 2.75) is 24.8 Å². The van der Waals surface area contributed by atoms with Crippen LogP contribution in [0.25, 0.3) is 0 Å². The minimum absolute atomic E-state index is 0.190. The number of ketones is 1. The first-order valence-electron chi connectivity index (χ1n) is 6.15. The molecule has 0 radical (unpaired) electrons. The van der Waals surface area contributed by atoms with Crippen LogP contribution in [0.3, 0.4) is 0 Å². The Labute approximate surface area is 115 Å². The fourth-order valence-electron chi connectivity index (χ4n) is 2.87. The Balaban J connectivity index is 2.22. The van der Waals surface area contributed by atoms with Gasteiger partial charge >= 0.3 is 0 Å². The van der Waals surface area contributed by atoms with Crippen molar-refractivity contribution >= 4 is 23.1 Å². The number of rotatable bonds is 2. The zero-order valence-electron chi connectivity index (χ0n) is 10.4. The Morgan fingerprint density at radius 2 is 2.05 bits per heavy atom. The van der Waals surface area contributed by atoms with Crippen LogP contribution in [0.15, 0.2) is 24.3 Å². The summed E-state index contributed by atoms with van der Waals surface area (Å²) in [4.78, 5) is 13.9. The molecule has 2 atom stereocenters. The number of nitrogens with zero attached hydrogens (tertiary/aromatic N) is 1. The topological polar surface area (TPSA) is 72.8 Å². The third-order valence-corrected chi connectivity index (χ3v) is 4.08. The van der Waals surface area contributed by atoms with Gasteiger partial charge in [-0.2, -0.15) is 0 Å². The molecule has 6 heteroatoms. The van der Waals surface area contributed by atoms with E-state index in [1.54, 1.807) is 24.3 Å². The second-order valence-electron chi connectivity index (χ2n) is 4.84. The lowest BCUT2D eigenvalue weighted by Gasteiger charge is -2.34. The Bertz CT molecular complexity index is 591. The monoisotopic (exact) mass is 278 g/mol. The highest BCUT2D eigenvalue weighted by molar-refractivity contribution is 7.80. The Hall–Kier alpha value is -1.50. The molecule has 0 amide bonds. The molecule has 100 valence electrons. The van der Waals surface area contributed by atoms with E-state index in [4.69, 9.17) is 12.2 Å². The van der Waals surface area contributed by atoms with E-state index in [1.807, 2.05) is 6.92 Å². The van der Waals surface area contributed by atoms with Crippen molar-refractivity contribution in [2.75, 3.05) is 6.54 Å². The lowest BCUT2D eigenvalue weighted by Crippen LogP contribution is -2.59. The number of carbonyl (C=O) groups is 1. The van der Waals surface area contributed by atoms with Crippen molar-refractivity contribution < 1.29 is 15.0 Å². The van der Waals surface area contributed by atoms with Gasteiger partial charge in [-0.15, -0.1) is 0 Å². The van der Waals surface area contributed by atoms with Gasteiger partial charge in [-0.3, -0.25) is 4.79 Å². The summed E-state index contributed by atoms with van der Waals surface area (Å²) in [5.74, 6) is -0.522. The molecule has 1 saturated heterocycles. The summed E-state index contributed by atoms with van der Waals surface area (Å²) < 4.78 is 0. The van der Waals surface area contributed by atoms with Gasteiger partial charge in [-0.1, -0.05) is 31.2 Å². The number of aliphatic hydroxyl groups is 2. The van der Waals surface area contributed by atoms with Crippen LogP contribution in [0.1, 0.15) is 29.3 Å². The van der Waals surface area contributed by atoms with Gasteiger partial charge in [0.15, 0.2) is 5.11 Å². The van der Waals surface area contributed by atoms with Crippen molar-refractivity contribution in [3.63, 3.8) is 0 Å². The molecule has 0 unspecified atom stereocenters. The Morgan fingerprint density at radius 1 is 1.37 bits per heavy atom. The molecule has 0 aromatic heterocycles. The maximum Gasteiger partial charge on any atom is 0.258 e. The number of Topliss-reactive ketones (excluding diaryl/α,β-unsaturated/α-hetero) is 1. The van der Waals surface area contributed by atoms with Gasteiger partial charge in [0.25, 0.3) is 5.72 Å². The highest BCUT2D eigenvalue weighted by Crippen LogP contribution is 2.47. The number of fused-ring (bicyclic) bond motifs is 3. The lowest BCUT2D eigenvalue weighted by atomic mass is 10.00. The molecule has 3 N–H and O–H groups in total. The van der Waals surface area contributed by atoms with Crippen LogP contribution in [-0.2, 0) is 5.72 Å². The molecule has 0 spiro atoms. The van der Waals surface area contributed by atoms with Gasteiger partial charge in [0.05, 0.1) is 0 Å². The molecule has 5 nitrogen and oxygen atoms in total. The van der Waals surface area contributed by atoms with E-state index in [0.29, 0.717) is 24.1 Å². The first-order valence-corrected chi connectivity index (χ1v) is 6.56. The van der Waals surface area contributed by atoms with Gasteiger partial charge in [0, 0.05) is 17.7 Å². The Morgan fingerprint density at radius 3 is 2.74 bits per heavy atom. The summed E-state index contributed by atoms with van der Waals surface area (Å²) in [6, 6.07) is 6.63. The molecule has 3 rings (SSSR count). The van der Waals surface area contributed by atoms with E-state index in [2.05, 4.69) is 5.32 Å². The number of thiocarbonyl (C=S) groups is 1. The van der Waals surface area contributed by atoms with Crippen LogP contribution >= 0.6 is 12.2 Å². The number of benzene rings is 1. The van der Waals surface area contributed by atoms with Crippen molar-refractivity contribution in [3.05, 3.63) is 35.4 Å². The molecule has 0 bridgehead atoms. The zero-order chi connectivity index (χ0) is 13.8. The fourth-order valence-corrected chi connectivity index (χ4v) is 3.24. The molecule has 1 aromatic carbocycles. The van der Waals surface area contributed by atoms with E-state index in [9.17, 15) is 15.0 Å². The Kier molecular flexibility index (Phi) is 2.47. The third kappa shape index (κ3) is 1.26. The van der Waals surface area contributed by atoms with Gasteiger partial charge in [-0.05, 0) is 18.6 Å². The summed E-state index contributed by atoms with van der Waals surface area (Å²) >= 11 is 5.13. The van der Waals surface area contributed by atoms with Gasteiger partial charge in [0.2, 0.25) is 11.5 Å². The van der Waals surface area contributed by atoms with Crippen LogP contribution in [0.2, 0.25) is 0 Å². The van der Waals surface area contributed by atoms with E-state index < -0.39 is 17.2 Å². The summed E-state index contributed by atoms with van der Waals surface area (Å²) in [5.41, 5.74) is -3.23. The summed E-state index contributed by atoms with van der Waals surface area (Å²) in [6.45, 7) is 2.31. The van der Waals surface area contributed by atoms with Gasteiger partial charge < -0.3 is 20.4 Å². The SMILES string of the molecule is CCCN1C(=S)N[C@]2(O)c3ccccc3C(=O)[C@]12O. The normalized spacial score (nSPS) is 32.3. The average Bonchev–Trinajstić information content (AvgIpc) is 2.69. The third-order valence-electron chi connectivity index (χ3n) is 3.75. The molecule has 1 aliphatic heterocycles. The first kappa shape index (κ1) is 12.5. The second kappa shape index (κ2) is 3.75.